The average molecular weight is 546 g/mol. The van der Waals surface area contributed by atoms with Gasteiger partial charge in [-0.2, -0.15) is 0 Å². The predicted molar refractivity (Wildman–Crippen MR) is 160 cm³/mol. The van der Waals surface area contributed by atoms with Crippen LogP contribution in [0.4, 0.5) is 17.1 Å². The number of rotatable bonds is 5. The zero-order valence-electron chi connectivity index (χ0n) is 23.0. The van der Waals surface area contributed by atoms with E-state index >= 15 is 0 Å². The van der Waals surface area contributed by atoms with Crippen molar-refractivity contribution in [2.75, 3.05) is 28.2 Å². The SMILES string of the molecule is CC(=O)OC1C[C@H]2CN(C(=O)c3ccc(NC(=O)c4ccccc4-c4ccc(C)cc4)cc3)c3ccccc3N2C1. The molecule has 1 N–H and O–H groups in total. The van der Waals surface area contributed by atoms with Crippen molar-refractivity contribution in [1.82, 2.24) is 0 Å². The van der Waals surface area contributed by atoms with Crippen LogP contribution in [0.15, 0.2) is 97.1 Å². The Morgan fingerprint density at radius 3 is 2.22 bits per heavy atom. The molecule has 0 saturated carbocycles. The second-order valence-corrected chi connectivity index (χ2v) is 10.6. The van der Waals surface area contributed by atoms with Crippen molar-refractivity contribution in [2.24, 2.45) is 0 Å². The van der Waals surface area contributed by atoms with E-state index in [-0.39, 0.29) is 29.9 Å². The first-order chi connectivity index (χ1) is 19.9. The molecule has 0 spiro atoms. The first kappa shape index (κ1) is 26.3. The van der Waals surface area contributed by atoms with Crippen LogP contribution in [0.1, 0.15) is 39.6 Å². The van der Waals surface area contributed by atoms with E-state index in [0.29, 0.717) is 36.3 Å². The number of fused-ring (bicyclic) bond motifs is 3. The van der Waals surface area contributed by atoms with E-state index in [1.165, 1.54) is 6.92 Å². The summed E-state index contributed by atoms with van der Waals surface area (Å²) < 4.78 is 5.49. The molecule has 2 aliphatic rings. The quantitative estimate of drug-likeness (QED) is 0.307. The Hall–Kier alpha value is -4.91. The Morgan fingerprint density at radius 2 is 1.49 bits per heavy atom. The summed E-state index contributed by atoms with van der Waals surface area (Å²) in [6.07, 6.45) is 0.479. The summed E-state index contributed by atoms with van der Waals surface area (Å²) in [5.74, 6) is -0.619. The van der Waals surface area contributed by atoms with Gasteiger partial charge in [-0.3, -0.25) is 14.4 Å². The monoisotopic (exact) mass is 545 g/mol. The number of ether oxygens (including phenoxy) is 1. The number of benzene rings is 4. The van der Waals surface area contributed by atoms with Gasteiger partial charge in [0.25, 0.3) is 11.8 Å². The summed E-state index contributed by atoms with van der Waals surface area (Å²) >= 11 is 0. The molecule has 206 valence electrons. The van der Waals surface area contributed by atoms with E-state index < -0.39 is 0 Å². The van der Waals surface area contributed by atoms with Gasteiger partial charge in [0, 0.05) is 36.7 Å². The molecule has 1 saturated heterocycles. The average Bonchev–Trinajstić information content (AvgIpc) is 3.39. The van der Waals surface area contributed by atoms with Crippen LogP contribution in [0.3, 0.4) is 0 Å². The second-order valence-electron chi connectivity index (χ2n) is 10.6. The van der Waals surface area contributed by atoms with Crippen LogP contribution < -0.4 is 15.1 Å². The van der Waals surface area contributed by atoms with Crippen molar-refractivity contribution in [3.8, 4) is 11.1 Å². The Labute approximate surface area is 239 Å². The third kappa shape index (κ3) is 5.31. The highest BCUT2D eigenvalue weighted by molar-refractivity contribution is 6.10. The number of esters is 1. The number of amides is 2. The summed E-state index contributed by atoms with van der Waals surface area (Å²) in [7, 11) is 0. The van der Waals surface area contributed by atoms with Crippen LogP contribution in [0.2, 0.25) is 0 Å². The number of anilines is 3. The van der Waals surface area contributed by atoms with E-state index in [9.17, 15) is 14.4 Å². The minimum Gasteiger partial charge on any atom is -0.461 e. The molecule has 7 heteroatoms. The minimum atomic E-state index is -0.290. The molecule has 1 fully saturated rings. The first-order valence-electron chi connectivity index (χ1n) is 13.8. The van der Waals surface area contributed by atoms with Gasteiger partial charge in [0.2, 0.25) is 0 Å². The van der Waals surface area contributed by atoms with E-state index in [4.69, 9.17) is 4.74 Å². The maximum absolute atomic E-state index is 13.7. The van der Waals surface area contributed by atoms with Crippen molar-refractivity contribution in [3.05, 3.63) is 114 Å². The fourth-order valence-corrected chi connectivity index (χ4v) is 5.81. The Bertz CT molecular complexity index is 1610. The molecule has 0 aromatic heterocycles. The van der Waals surface area contributed by atoms with Crippen LogP contribution in [0, 0.1) is 6.92 Å². The Balaban J connectivity index is 1.19. The zero-order chi connectivity index (χ0) is 28.5. The van der Waals surface area contributed by atoms with Crippen molar-refractivity contribution >= 4 is 34.8 Å². The highest BCUT2D eigenvalue weighted by Crippen LogP contribution is 2.40. The number of aryl methyl sites for hydroxylation is 1. The van der Waals surface area contributed by atoms with E-state index in [1.807, 2.05) is 79.7 Å². The molecule has 41 heavy (non-hydrogen) atoms. The highest BCUT2D eigenvalue weighted by atomic mass is 16.5. The number of carbonyl (C=O) groups is 3. The molecule has 2 heterocycles. The molecule has 6 rings (SSSR count). The molecule has 1 unspecified atom stereocenters. The molecular weight excluding hydrogens is 514 g/mol. The Morgan fingerprint density at radius 1 is 0.805 bits per heavy atom. The lowest BCUT2D eigenvalue weighted by molar-refractivity contribution is -0.145. The van der Waals surface area contributed by atoms with Gasteiger partial charge in [0.1, 0.15) is 6.10 Å². The maximum atomic E-state index is 13.7. The largest absolute Gasteiger partial charge is 0.461 e. The van der Waals surface area contributed by atoms with Gasteiger partial charge < -0.3 is 19.9 Å². The number of carbonyl (C=O) groups excluding carboxylic acids is 3. The molecule has 7 nitrogen and oxygen atoms in total. The maximum Gasteiger partial charge on any atom is 0.302 e. The molecule has 0 aliphatic carbocycles. The van der Waals surface area contributed by atoms with Crippen LogP contribution in [0.5, 0.6) is 0 Å². The van der Waals surface area contributed by atoms with Crippen molar-refractivity contribution in [2.45, 2.75) is 32.4 Å². The van der Waals surface area contributed by atoms with Gasteiger partial charge in [0.05, 0.1) is 24.0 Å². The lowest BCUT2D eigenvalue weighted by Crippen LogP contribution is -2.48. The van der Waals surface area contributed by atoms with Gasteiger partial charge in [-0.15, -0.1) is 0 Å². The molecule has 4 aromatic rings. The number of nitrogens with zero attached hydrogens (tertiary/aromatic N) is 2. The smallest absolute Gasteiger partial charge is 0.302 e. The molecule has 2 atom stereocenters. The van der Waals surface area contributed by atoms with E-state index in [2.05, 4.69) is 10.2 Å². The standard InChI is InChI=1S/C34H31N3O4/c1-22-11-13-24(14-12-22)29-7-3-4-8-30(29)33(39)35-26-17-15-25(16-18-26)34(40)37-20-27-19-28(41-23(2)38)21-36(27)31-9-5-6-10-32(31)37/h3-18,27-28H,19-21H2,1-2H3,(H,35,39)/t27-,28?/m0/s1. The Kier molecular flexibility index (Phi) is 7.01. The second kappa shape index (κ2) is 10.9. The molecule has 2 aliphatic heterocycles. The summed E-state index contributed by atoms with van der Waals surface area (Å²) in [6, 6.07) is 30.5. The van der Waals surface area contributed by atoms with E-state index in [1.54, 1.807) is 29.2 Å². The fourth-order valence-electron chi connectivity index (χ4n) is 5.81. The molecular formula is C34H31N3O4. The summed E-state index contributed by atoms with van der Waals surface area (Å²) in [6.45, 7) is 4.58. The molecule has 0 bridgehead atoms. The van der Waals surface area contributed by atoms with Gasteiger partial charge in [-0.05, 0) is 60.5 Å². The van der Waals surface area contributed by atoms with Crippen LogP contribution in [-0.4, -0.2) is 43.0 Å². The fraction of sp³-hybridized carbons (Fsp3) is 0.206. The molecule has 2 amide bonds. The van der Waals surface area contributed by atoms with Crippen LogP contribution >= 0.6 is 0 Å². The first-order valence-corrected chi connectivity index (χ1v) is 13.8. The minimum absolute atomic E-state index is 0.0605. The zero-order valence-corrected chi connectivity index (χ0v) is 23.0. The van der Waals surface area contributed by atoms with Crippen molar-refractivity contribution in [1.29, 1.82) is 0 Å². The summed E-state index contributed by atoms with van der Waals surface area (Å²) in [5.41, 5.74) is 6.50. The van der Waals surface area contributed by atoms with E-state index in [0.717, 1.165) is 28.1 Å². The van der Waals surface area contributed by atoms with Gasteiger partial charge in [-0.1, -0.05) is 60.2 Å². The highest BCUT2D eigenvalue weighted by Gasteiger charge is 2.41. The van der Waals surface area contributed by atoms with Gasteiger partial charge in [0.15, 0.2) is 0 Å². The third-order valence-corrected chi connectivity index (χ3v) is 7.75. The molecule has 0 radical (unpaired) electrons. The number of nitrogens with one attached hydrogen (secondary N) is 1. The number of hydrogen-bond donors (Lipinski definition) is 1. The number of hydrogen-bond acceptors (Lipinski definition) is 5. The summed E-state index contributed by atoms with van der Waals surface area (Å²) in [5, 5.41) is 2.98. The van der Waals surface area contributed by atoms with Gasteiger partial charge >= 0.3 is 5.97 Å². The number of para-hydroxylation sites is 2. The van der Waals surface area contributed by atoms with Crippen LogP contribution in [0.25, 0.3) is 11.1 Å². The van der Waals surface area contributed by atoms with Crippen molar-refractivity contribution in [3.63, 3.8) is 0 Å². The van der Waals surface area contributed by atoms with Crippen molar-refractivity contribution < 1.29 is 19.1 Å². The topological polar surface area (TPSA) is 79.0 Å². The lowest BCUT2D eigenvalue weighted by Gasteiger charge is -2.40. The van der Waals surface area contributed by atoms with Crippen LogP contribution in [-0.2, 0) is 9.53 Å². The summed E-state index contributed by atoms with van der Waals surface area (Å²) in [4.78, 5) is 42.6. The van der Waals surface area contributed by atoms with Gasteiger partial charge in [-0.25, -0.2) is 0 Å². The molecule has 4 aromatic carbocycles. The third-order valence-electron chi connectivity index (χ3n) is 7.75. The lowest BCUT2D eigenvalue weighted by atomic mass is 9.98. The predicted octanol–water partition coefficient (Wildman–Crippen LogP) is 6.09. The normalized spacial score (nSPS) is 17.4.